The maximum Gasteiger partial charge on any atom is 0.263 e. The number of benzene rings is 1. The second kappa shape index (κ2) is 4.09. The Morgan fingerprint density at radius 1 is 1.33 bits per heavy atom. The van der Waals surface area contributed by atoms with Gasteiger partial charge in [-0.2, -0.15) is 0 Å². The first-order chi connectivity index (χ1) is 7.33. The number of aromatic nitrogens is 2. The molecule has 0 aliphatic carbocycles. The number of hydrogen-bond donors (Lipinski definition) is 0. The molecular formula is C12H12N2O. The molecule has 0 unspecified atom stereocenters. The summed E-state index contributed by atoms with van der Waals surface area (Å²) in [5.74, 6) is 0.772. The molecule has 0 saturated carbocycles. The fourth-order valence-corrected chi connectivity index (χ4v) is 1.50. The van der Waals surface area contributed by atoms with E-state index in [2.05, 4.69) is 4.98 Å². The summed E-state index contributed by atoms with van der Waals surface area (Å²) in [7, 11) is 0. The Morgan fingerprint density at radius 2 is 2.07 bits per heavy atom. The van der Waals surface area contributed by atoms with Crippen LogP contribution in [-0.2, 0) is 6.42 Å². The quantitative estimate of drug-likeness (QED) is 0.744. The van der Waals surface area contributed by atoms with Gasteiger partial charge in [-0.15, -0.1) is 0 Å². The number of carbonyl (C=O) groups excluding carboxylic acids is 1. The summed E-state index contributed by atoms with van der Waals surface area (Å²) in [4.78, 5) is 16.1. The van der Waals surface area contributed by atoms with Gasteiger partial charge in [0.25, 0.3) is 5.91 Å². The molecule has 0 fully saturated rings. The molecule has 0 saturated heterocycles. The number of aryl methyl sites for hydroxylation is 1. The van der Waals surface area contributed by atoms with Crippen LogP contribution in [0.1, 0.15) is 23.1 Å². The van der Waals surface area contributed by atoms with Gasteiger partial charge in [-0.25, -0.2) is 4.98 Å². The predicted molar refractivity (Wildman–Crippen MR) is 57.8 cm³/mol. The number of hydrogen-bond acceptors (Lipinski definition) is 2. The van der Waals surface area contributed by atoms with Crippen LogP contribution in [0.2, 0.25) is 0 Å². The Labute approximate surface area is 88.4 Å². The van der Waals surface area contributed by atoms with Crippen LogP contribution in [-0.4, -0.2) is 15.5 Å². The summed E-state index contributed by atoms with van der Waals surface area (Å²) in [6.45, 7) is 1.98. The second-order valence-corrected chi connectivity index (χ2v) is 3.24. The van der Waals surface area contributed by atoms with E-state index < -0.39 is 0 Å². The van der Waals surface area contributed by atoms with Crippen LogP contribution in [0.15, 0.2) is 42.7 Å². The maximum atomic E-state index is 12.0. The van der Waals surface area contributed by atoms with E-state index in [1.54, 1.807) is 17.0 Å². The van der Waals surface area contributed by atoms with Crippen molar-refractivity contribution in [2.45, 2.75) is 13.3 Å². The average molecular weight is 200 g/mol. The minimum absolute atomic E-state index is 0.0232. The molecule has 76 valence electrons. The van der Waals surface area contributed by atoms with Gasteiger partial charge in [0.15, 0.2) is 0 Å². The van der Waals surface area contributed by atoms with Crippen molar-refractivity contribution >= 4 is 5.91 Å². The summed E-state index contributed by atoms with van der Waals surface area (Å²) in [6, 6.07) is 9.22. The molecule has 15 heavy (non-hydrogen) atoms. The van der Waals surface area contributed by atoms with E-state index in [0.717, 1.165) is 12.2 Å². The van der Waals surface area contributed by atoms with Crippen molar-refractivity contribution in [3.8, 4) is 0 Å². The van der Waals surface area contributed by atoms with Crippen molar-refractivity contribution < 1.29 is 4.79 Å². The highest BCUT2D eigenvalue weighted by molar-refractivity contribution is 5.96. The van der Waals surface area contributed by atoms with Gasteiger partial charge in [-0.05, 0) is 12.1 Å². The van der Waals surface area contributed by atoms with E-state index in [1.807, 2.05) is 37.3 Å². The molecule has 0 aliphatic rings. The van der Waals surface area contributed by atoms with E-state index in [-0.39, 0.29) is 5.91 Å². The third-order valence-corrected chi connectivity index (χ3v) is 2.27. The molecule has 3 nitrogen and oxygen atoms in total. The Hall–Kier alpha value is -1.90. The van der Waals surface area contributed by atoms with Gasteiger partial charge < -0.3 is 0 Å². The molecule has 0 radical (unpaired) electrons. The predicted octanol–water partition coefficient (Wildman–Crippen LogP) is 2.13. The van der Waals surface area contributed by atoms with Gasteiger partial charge in [0.2, 0.25) is 0 Å². The maximum absolute atomic E-state index is 12.0. The lowest BCUT2D eigenvalue weighted by Crippen LogP contribution is -2.13. The molecule has 0 bridgehead atoms. The van der Waals surface area contributed by atoms with Gasteiger partial charge >= 0.3 is 0 Å². The molecular weight excluding hydrogens is 188 g/mol. The topological polar surface area (TPSA) is 34.9 Å². The minimum atomic E-state index is -0.0232. The highest BCUT2D eigenvalue weighted by Crippen LogP contribution is 2.05. The number of nitrogens with zero attached hydrogens (tertiary/aromatic N) is 2. The highest BCUT2D eigenvalue weighted by atomic mass is 16.2. The van der Waals surface area contributed by atoms with Crippen LogP contribution in [0, 0.1) is 0 Å². The second-order valence-electron chi connectivity index (χ2n) is 3.24. The van der Waals surface area contributed by atoms with Crippen LogP contribution in [0.5, 0.6) is 0 Å². The first-order valence-electron chi connectivity index (χ1n) is 4.95. The Kier molecular flexibility index (Phi) is 2.63. The SMILES string of the molecule is CCc1nccn1C(=O)c1ccccc1. The van der Waals surface area contributed by atoms with Crippen LogP contribution in [0.25, 0.3) is 0 Å². The Morgan fingerprint density at radius 3 is 2.73 bits per heavy atom. The fraction of sp³-hybridized carbons (Fsp3) is 0.167. The zero-order chi connectivity index (χ0) is 10.7. The summed E-state index contributed by atoms with van der Waals surface area (Å²) in [6.07, 6.45) is 4.11. The Bertz CT molecular complexity index is 459. The lowest BCUT2D eigenvalue weighted by atomic mass is 10.2. The zero-order valence-corrected chi connectivity index (χ0v) is 8.55. The molecule has 3 heteroatoms. The molecule has 0 aliphatic heterocycles. The van der Waals surface area contributed by atoms with Crippen molar-refractivity contribution in [3.05, 3.63) is 54.1 Å². The summed E-state index contributed by atoms with van der Waals surface area (Å²) in [5.41, 5.74) is 0.685. The molecule has 1 heterocycles. The zero-order valence-electron chi connectivity index (χ0n) is 8.55. The number of imidazole rings is 1. The van der Waals surface area contributed by atoms with E-state index in [9.17, 15) is 4.79 Å². The lowest BCUT2D eigenvalue weighted by Gasteiger charge is -2.04. The minimum Gasteiger partial charge on any atom is -0.270 e. The van der Waals surface area contributed by atoms with Gasteiger partial charge in [-0.1, -0.05) is 25.1 Å². The monoisotopic (exact) mass is 200 g/mol. The standard InChI is InChI=1S/C12H12N2O/c1-2-11-13-8-9-14(11)12(15)10-6-4-3-5-7-10/h3-9H,2H2,1H3. The van der Waals surface area contributed by atoms with Gasteiger partial charge in [-0.3, -0.25) is 9.36 Å². The summed E-state index contributed by atoms with van der Waals surface area (Å²) < 4.78 is 1.59. The van der Waals surface area contributed by atoms with Gasteiger partial charge in [0.05, 0.1) is 0 Å². The average Bonchev–Trinajstić information content (AvgIpc) is 2.77. The van der Waals surface area contributed by atoms with E-state index in [0.29, 0.717) is 5.56 Å². The molecule has 2 aromatic rings. The number of rotatable bonds is 2. The highest BCUT2D eigenvalue weighted by Gasteiger charge is 2.10. The molecule has 0 atom stereocenters. The molecule has 2 rings (SSSR count). The molecule has 1 aromatic carbocycles. The first-order valence-corrected chi connectivity index (χ1v) is 4.95. The summed E-state index contributed by atoms with van der Waals surface area (Å²) >= 11 is 0. The van der Waals surface area contributed by atoms with Gasteiger partial charge in [0.1, 0.15) is 5.82 Å². The third kappa shape index (κ3) is 1.81. The van der Waals surface area contributed by atoms with Crippen LogP contribution in [0.4, 0.5) is 0 Å². The van der Waals surface area contributed by atoms with Crippen molar-refractivity contribution in [3.63, 3.8) is 0 Å². The molecule has 1 aromatic heterocycles. The fourth-order valence-electron chi connectivity index (χ4n) is 1.50. The third-order valence-electron chi connectivity index (χ3n) is 2.27. The Balaban J connectivity index is 2.37. The van der Waals surface area contributed by atoms with Gasteiger partial charge in [0, 0.05) is 24.4 Å². The summed E-state index contributed by atoms with van der Waals surface area (Å²) in [5, 5.41) is 0. The van der Waals surface area contributed by atoms with E-state index >= 15 is 0 Å². The normalized spacial score (nSPS) is 10.2. The van der Waals surface area contributed by atoms with Crippen LogP contribution >= 0.6 is 0 Å². The largest absolute Gasteiger partial charge is 0.270 e. The van der Waals surface area contributed by atoms with Crippen molar-refractivity contribution in [2.75, 3.05) is 0 Å². The molecule has 0 amide bonds. The van der Waals surface area contributed by atoms with E-state index in [1.165, 1.54) is 0 Å². The smallest absolute Gasteiger partial charge is 0.263 e. The molecule has 0 N–H and O–H groups in total. The van der Waals surface area contributed by atoms with E-state index in [4.69, 9.17) is 0 Å². The van der Waals surface area contributed by atoms with Crippen molar-refractivity contribution in [2.24, 2.45) is 0 Å². The van der Waals surface area contributed by atoms with Crippen molar-refractivity contribution in [1.82, 2.24) is 9.55 Å². The number of carbonyl (C=O) groups is 1. The first kappa shape index (κ1) is 9.65. The lowest BCUT2D eigenvalue weighted by molar-refractivity contribution is 0.0956. The van der Waals surface area contributed by atoms with Crippen molar-refractivity contribution in [1.29, 1.82) is 0 Å². The van der Waals surface area contributed by atoms with Crippen LogP contribution in [0.3, 0.4) is 0 Å². The molecule has 0 spiro atoms. The van der Waals surface area contributed by atoms with Crippen LogP contribution < -0.4 is 0 Å².